The molecule has 6 heteroatoms. The molecule has 0 bridgehead atoms. The summed E-state index contributed by atoms with van der Waals surface area (Å²) in [5, 5.41) is 16.6. The van der Waals surface area contributed by atoms with Gasteiger partial charge in [-0.15, -0.1) is 0 Å². The highest BCUT2D eigenvalue weighted by molar-refractivity contribution is 6.30. The van der Waals surface area contributed by atoms with Gasteiger partial charge in [0.2, 0.25) is 5.91 Å². The Morgan fingerprint density at radius 2 is 1.55 bits per heavy atom. The van der Waals surface area contributed by atoms with Gasteiger partial charge in [0.15, 0.2) is 0 Å². The van der Waals surface area contributed by atoms with Gasteiger partial charge in [-0.2, -0.15) is 0 Å². The van der Waals surface area contributed by atoms with Crippen LogP contribution in [0.2, 0.25) is 5.02 Å². The van der Waals surface area contributed by atoms with Gasteiger partial charge in [-0.05, 0) is 48.6 Å². The van der Waals surface area contributed by atoms with Crippen LogP contribution < -0.4 is 5.32 Å². The van der Waals surface area contributed by atoms with E-state index in [9.17, 15) is 14.7 Å². The Kier molecular flexibility index (Phi) is 7.68. The van der Waals surface area contributed by atoms with Crippen molar-refractivity contribution >= 4 is 29.0 Å². The summed E-state index contributed by atoms with van der Waals surface area (Å²) in [6.45, 7) is 1.93. The van der Waals surface area contributed by atoms with Gasteiger partial charge in [0.05, 0.1) is 0 Å². The minimum Gasteiger partial charge on any atom is -0.378 e. The summed E-state index contributed by atoms with van der Waals surface area (Å²) < 4.78 is 0. The van der Waals surface area contributed by atoms with E-state index in [1.807, 2.05) is 60.7 Å². The van der Waals surface area contributed by atoms with Crippen molar-refractivity contribution in [3.8, 4) is 0 Å². The summed E-state index contributed by atoms with van der Waals surface area (Å²) in [4.78, 5) is 29.8. The third kappa shape index (κ3) is 5.01. The molecule has 1 aliphatic carbocycles. The standard InChI is InChI=1S/C32H33ClN2O3/c1-22-28(24-13-7-3-8-14-24)32(38,25-17-19-26(33)20-18-25)29(30(36)34-27-15-9-4-10-16-27)35(31(22)37)21-23-11-5-2-6-12-23/h2-3,5-8,11-14,17-20,27,29,38H,4,9-10,15-16,21H2,1H3,(H,34,36). The molecule has 0 saturated heterocycles. The molecule has 3 aromatic rings. The van der Waals surface area contributed by atoms with Crippen molar-refractivity contribution in [3.63, 3.8) is 0 Å². The quantitative estimate of drug-likeness (QED) is 0.421. The smallest absolute Gasteiger partial charge is 0.251 e. The van der Waals surface area contributed by atoms with Crippen LogP contribution in [0.25, 0.3) is 5.57 Å². The van der Waals surface area contributed by atoms with Crippen LogP contribution in [-0.4, -0.2) is 33.9 Å². The predicted octanol–water partition coefficient (Wildman–Crippen LogP) is 5.86. The lowest BCUT2D eigenvalue weighted by atomic mass is 9.71. The molecule has 1 heterocycles. The van der Waals surface area contributed by atoms with Crippen molar-refractivity contribution in [1.29, 1.82) is 0 Å². The lowest BCUT2D eigenvalue weighted by Crippen LogP contribution is -2.64. The average Bonchev–Trinajstić information content (AvgIpc) is 2.94. The maximum Gasteiger partial charge on any atom is 0.251 e. The van der Waals surface area contributed by atoms with Crippen LogP contribution in [0.15, 0.2) is 90.5 Å². The number of aliphatic hydroxyl groups is 1. The molecule has 0 radical (unpaired) electrons. The normalized spacial score (nSPS) is 22.4. The van der Waals surface area contributed by atoms with E-state index in [2.05, 4.69) is 5.32 Å². The van der Waals surface area contributed by atoms with Crippen LogP contribution in [0.5, 0.6) is 0 Å². The maximum absolute atomic E-state index is 14.2. The first-order valence-corrected chi connectivity index (χ1v) is 13.7. The second-order valence-electron chi connectivity index (χ2n) is 10.3. The molecule has 2 amide bonds. The highest BCUT2D eigenvalue weighted by Crippen LogP contribution is 2.47. The van der Waals surface area contributed by atoms with E-state index in [1.54, 1.807) is 31.2 Å². The van der Waals surface area contributed by atoms with Gasteiger partial charge < -0.3 is 15.3 Å². The number of carbonyl (C=O) groups excluding carboxylic acids is 2. The summed E-state index contributed by atoms with van der Waals surface area (Å²) in [6, 6.07) is 24.7. The van der Waals surface area contributed by atoms with Crippen LogP contribution in [-0.2, 0) is 21.7 Å². The topological polar surface area (TPSA) is 69.6 Å². The number of hydrogen-bond donors (Lipinski definition) is 2. The Bertz CT molecular complexity index is 1320. The Hall–Kier alpha value is -3.41. The minimum absolute atomic E-state index is 0.0200. The molecule has 38 heavy (non-hydrogen) atoms. The molecule has 1 saturated carbocycles. The van der Waals surface area contributed by atoms with Crippen LogP contribution in [0.4, 0.5) is 0 Å². The van der Waals surface area contributed by atoms with Crippen molar-refractivity contribution < 1.29 is 14.7 Å². The Balaban J connectivity index is 1.70. The van der Waals surface area contributed by atoms with E-state index in [4.69, 9.17) is 11.6 Å². The molecule has 1 fully saturated rings. The van der Waals surface area contributed by atoms with E-state index in [1.165, 1.54) is 4.90 Å². The summed E-state index contributed by atoms with van der Waals surface area (Å²) >= 11 is 6.23. The van der Waals surface area contributed by atoms with Gasteiger partial charge in [0, 0.05) is 28.8 Å². The first kappa shape index (κ1) is 26.2. The SMILES string of the molecule is CC1=C(c2ccccc2)C(O)(c2ccc(Cl)cc2)C(C(=O)NC2CCCCC2)N(Cc2ccccc2)C1=O. The van der Waals surface area contributed by atoms with Crippen molar-refractivity contribution in [2.24, 2.45) is 0 Å². The third-order valence-electron chi connectivity index (χ3n) is 7.79. The van der Waals surface area contributed by atoms with Crippen molar-refractivity contribution in [2.75, 3.05) is 0 Å². The van der Waals surface area contributed by atoms with Gasteiger partial charge in [-0.1, -0.05) is 104 Å². The fraction of sp³-hybridized carbons (Fsp3) is 0.312. The molecule has 5 nitrogen and oxygen atoms in total. The number of amides is 2. The lowest BCUT2D eigenvalue weighted by Gasteiger charge is -2.48. The Morgan fingerprint density at radius 3 is 2.18 bits per heavy atom. The molecular weight excluding hydrogens is 496 g/mol. The molecule has 0 spiro atoms. The molecule has 3 aromatic carbocycles. The van der Waals surface area contributed by atoms with Crippen molar-refractivity contribution in [3.05, 3.63) is 112 Å². The number of rotatable bonds is 6. The Morgan fingerprint density at radius 1 is 0.947 bits per heavy atom. The third-order valence-corrected chi connectivity index (χ3v) is 8.04. The largest absolute Gasteiger partial charge is 0.378 e. The summed E-state index contributed by atoms with van der Waals surface area (Å²) in [6.07, 6.45) is 5.05. The molecule has 196 valence electrons. The van der Waals surface area contributed by atoms with Gasteiger partial charge in [0.1, 0.15) is 11.6 Å². The highest BCUT2D eigenvalue weighted by Gasteiger charge is 2.55. The van der Waals surface area contributed by atoms with E-state index in [-0.39, 0.29) is 24.4 Å². The van der Waals surface area contributed by atoms with Crippen molar-refractivity contribution in [2.45, 2.75) is 63.3 Å². The van der Waals surface area contributed by atoms with Crippen LogP contribution in [0, 0.1) is 0 Å². The lowest BCUT2D eigenvalue weighted by molar-refractivity contribution is -0.149. The fourth-order valence-electron chi connectivity index (χ4n) is 5.94. The average molecular weight is 529 g/mol. The van der Waals surface area contributed by atoms with Crippen LogP contribution in [0.1, 0.15) is 55.7 Å². The number of nitrogens with zero attached hydrogens (tertiary/aromatic N) is 1. The number of hydrogen-bond acceptors (Lipinski definition) is 3. The molecule has 2 atom stereocenters. The monoisotopic (exact) mass is 528 g/mol. The number of halogens is 1. The zero-order valence-corrected chi connectivity index (χ0v) is 22.3. The van der Waals surface area contributed by atoms with Gasteiger partial charge in [0.25, 0.3) is 5.91 Å². The van der Waals surface area contributed by atoms with Crippen LogP contribution >= 0.6 is 11.6 Å². The first-order valence-electron chi connectivity index (χ1n) is 13.3. The summed E-state index contributed by atoms with van der Waals surface area (Å²) in [5.41, 5.74) is 1.13. The van der Waals surface area contributed by atoms with Crippen molar-refractivity contribution in [1.82, 2.24) is 10.2 Å². The molecule has 2 unspecified atom stereocenters. The molecule has 2 N–H and O–H groups in total. The molecule has 1 aliphatic heterocycles. The summed E-state index contributed by atoms with van der Waals surface area (Å²) in [7, 11) is 0. The van der Waals surface area contributed by atoms with Gasteiger partial charge >= 0.3 is 0 Å². The zero-order valence-electron chi connectivity index (χ0n) is 21.6. The van der Waals surface area contributed by atoms with E-state index in [0.717, 1.165) is 37.7 Å². The maximum atomic E-state index is 14.2. The van der Waals surface area contributed by atoms with Crippen LogP contribution in [0.3, 0.4) is 0 Å². The number of carbonyl (C=O) groups is 2. The van der Waals surface area contributed by atoms with E-state index in [0.29, 0.717) is 27.3 Å². The first-order chi connectivity index (χ1) is 18.4. The molecular formula is C32H33ClN2O3. The highest BCUT2D eigenvalue weighted by atomic mass is 35.5. The number of benzene rings is 3. The van der Waals surface area contributed by atoms with E-state index >= 15 is 0 Å². The van der Waals surface area contributed by atoms with Gasteiger partial charge in [-0.3, -0.25) is 9.59 Å². The Labute approximate surface area is 229 Å². The van der Waals surface area contributed by atoms with E-state index < -0.39 is 11.6 Å². The molecule has 0 aromatic heterocycles. The number of nitrogens with one attached hydrogen (secondary N) is 1. The predicted molar refractivity (Wildman–Crippen MR) is 150 cm³/mol. The molecule has 5 rings (SSSR count). The second kappa shape index (κ2) is 11.1. The minimum atomic E-state index is -1.81. The fourth-order valence-corrected chi connectivity index (χ4v) is 6.06. The second-order valence-corrected chi connectivity index (χ2v) is 10.7. The van der Waals surface area contributed by atoms with Gasteiger partial charge in [-0.25, -0.2) is 0 Å². The molecule has 2 aliphatic rings. The zero-order chi connectivity index (χ0) is 26.7. The summed E-state index contributed by atoms with van der Waals surface area (Å²) in [5.74, 6) is -0.616.